The Morgan fingerprint density at radius 3 is 2.89 bits per heavy atom. The Balaban J connectivity index is 2.18. The van der Waals surface area contributed by atoms with Crippen LogP contribution in [-0.2, 0) is 0 Å². The number of hydrogen-bond donors (Lipinski definition) is 1. The zero-order valence-electron chi connectivity index (χ0n) is 10.3. The van der Waals surface area contributed by atoms with E-state index in [0.29, 0.717) is 6.42 Å². The van der Waals surface area contributed by atoms with Crippen LogP contribution in [0.1, 0.15) is 36.0 Å². The van der Waals surface area contributed by atoms with Gasteiger partial charge in [-0.15, -0.1) is 0 Å². The third-order valence-electron chi connectivity index (χ3n) is 3.45. The summed E-state index contributed by atoms with van der Waals surface area (Å²) in [5, 5.41) is 9.10. The molecule has 1 aromatic carbocycles. The number of rotatable bonds is 3. The second-order valence-electron chi connectivity index (χ2n) is 4.64. The second kappa shape index (κ2) is 6.52. The molecule has 1 fully saturated rings. The lowest BCUT2D eigenvalue weighted by Gasteiger charge is -2.35. The molecule has 1 saturated heterocycles. The maximum atomic E-state index is 12.5. The van der Waals surface area contributed by atoms with Crippen molar-refractivity contribution < 1.29 is 9.90 Å². The molecule has 4 heteroatoms. The van der Waals surface area contributed by atoms with Crippen LogP contribution in [0.2, 0.25) is 0 Å². The van der Waals surface area contributed by atoms with Gasteiger partial charge in [0, 0.05) is 22.8 Å². The van der Waals surface area contributed by atoms with Crippen molar-refractivity contribution in [1.29, 1.82) is 0 Å². The molecule has 1 N–H and O–H groups in total. The second-order valence-corrected chi connectivity index (χ2v) is 5.80. The van der Waals surface area contributed by atoms with E-state index in [1.165, 1.54) is 0 Å². The highest BCUT2D eigenvalue weighted by Crippen LogP contribution is 2.23. The third-order valence-corrected chi connectivity index (χ3v) is 4.40. The maximum absolute atomic E-state index is 12.5. The molecule has 1 aliphatic rings. The molecule has 1 aliphatic heterocycles. The van der Waals surface area contributed by atoms with Gasteiger partial charge in [0.1, 0.15) is 0 Å². The van der Waals surface area contributed by atoms with Gasteiger partial charge < -0.3 is 10.0 Å². The SMILES string of the molecule is O=C(c1ccccc1I)N1CCCCC1CCO. The standard InChI is InChI=1S/C14H18INO2/c15-13-7-2-1-6-12(13)14(18)16-9-4-3-5-11(16)8-10-17/h1-2,6-7,11,17H,3-5,8-10H2. The number of piperidine rings is 1. The Bertz CT molecular complexity index is 420. The van der Waals surface area contributed by atoms with Crippen LogP contribution in [0.5, 0.6) is 0 Å². The Kier molecular flexibility index (Phi) is 5.00. The summed E-state index contributed by atoms with van der Waals surface area (Å²) >= 11 is 2.20. The summed E-state index contributed by atoms with van der Waals surface area (Å²) in [6.07, 6.45) is 3.92. The first kappa shape index (κ1) is 13.8. The number of nitrogens with zero attached hydrogens (tertiary/aromatic N) is 1. The van der Waals surface area contributed by atoms with Gasteiger partial charge in [0.05, 0.1) is 5.56 Å². The molecule has 0 radical (unpaired) electrons. The van der Waals surface area contributed by atoms with Crippen LogP contribution in [0.15, 0.2) is 24.3 Å². The van der Waals surface area contributed by atoms with Crippen LogP contribution >= 0.6 is 22.6 Å². The topological polar surface area (TPSA) is 40.5 Å². The van der Waals surface area contributed by atoms with E-state index in [1.807, 2.05) is 29.2 Å². The molecule has 0 aliphatic carbocycles. The summed E-state index contributed by atoms with van der Waals surface area (Å²) in [6.45, 7) is 0.967. The summed E-state index contributed by atoms with van der Waals surface area (Å²) in [5.41, 5.74) is 0.780. The van der Waals surface area contributed by atoms with Gasteiger partial charge in [0.2, 0.25) is 0 Å². The molecule has 3 nitrogen and oxygen atoms in total. The van der Waals surface area contributed by atoms with Gasteiger partial charge in [-0.25, -0.2) is 0 Å². The Labute approximate surface area is 121 Å². The lowest BCUT2D eigenvalue weighted by atomic mass is 9.98. The highest BCUT2D eigenvalue weighted by molar-refractivity contribution is 14.1. The van der Waals surface area contributed by atoms with Crippen LogP contribution in [-0.4, -0.2) is 35.1 Å². The van der Waals surface area contributed by atoms with E-state index in [4.69, 9.17) is 5.11 Å². The van der Waals surface area contributed by atoms with Gasteiger partial charge in [0.15, 0.2) is 0 Å². The molecule has 18 heavy (non-hydrogen) atoms. The van der Waals surface area contributed by atoms with Crippen LogP contribution in [0.25, 0.3) is 0 Å². The first-order valence-corrected chi connectivity index (χ1v) is 7.48. The molecule has 1 atom stereocenters. The number of halogens is 1. The van der Waals surface area contributed by atoms with E-state index in [9.17, 15) is 4.79 Å². The monoisotopic (exact) mass is 359 g/mol. The minimum absolute atomic E-state index is 0.109. The third kappa shape index (κ3) is 3.03. The van der Waals surface area contributed by atoms with E-state index in [0.717, 1.165) is 34.9 Å². The average Bonchev–Trinajstić information content (AvgIpc) is 2.40. The molecule has 2 rings (SSSR count). The fraction of sp³-hybridized carbons (Fsp3) is 0.500. The Morgan fingerprint density at radius 1 is 1.39 bits per heavy atom. The number of carbonyl (C=O) groups is 1. The van der Waals surface area contributed by atoms with Crippen molar-refractivity contribution in [2.24, 2.45) is 0 Å². The molecule has 0 saturated carbocycles. The summed E-state index contributed by atoms with van der Waals surface area (Å²) in [7, 11) is 0. The maximum Gasteiger partial charge on any atom is 0.255 e. The van der Waals surface area contributed by atoms with Gasteiger partial charge >= 0.3 is 0 Å². The molecule has 0 aromatic heterocycles. The van der Waals surface area contributed by atoms with Crippen molar-refractivity contribution in [3.8, 4) is 0 Å². The summed E-state index contributed by atoms with van der Waals surface area (Å²) in [5.74, 6) is 0.109. The van der Waals surface area contributed by atoms with Crippen LogP contribution in [0.3, 0.4) is 0 Å². The Hall–Kier alpha value is -0.620. The van der Waals surface area contributed by atoms with Crippen molar-refractivity contribution in [1.82, 2.24) is 4.90 Å². The quantitative estimate of drug-likeness (QED) is 0.843. The van der Waals surface area contributed by atoms with Gasteiger partial charge in [-0.2, -0.15) is 0 Å². The number of aliphatic hydroxyl groups excluding tert-OH is 1. The largest absolute Gasteiger partial charge is 0.396 e. The molecule has 98 valence electrons. The molecule has 1 amide bonds. The van der Waals surface area contributed by atoms with Gasteiger partial charge in [0.25, 0.3) is 5.91 Å². The summed E-state index contributed by atoms with van der Waals surface area (Å²) < 4.78 is 0.994. The van der Waals surface area contributed by atoms with Gasteiger partial charge in [-0.1, -0.05) is 12.1 Å². The number of carbonyl (C=O) groups excluding carboxylic acids is 1. The fourth-order valence-electron chi connectivity index (χ4n) is 2.51. The van der Waals surface area contributed by atoms with Crippen molar-refractivity contribution in [2.45, 2.75) is 31.7 Å². The molecule has 0 bridgehead atoms. The van der Waals surface area contributed by atoms with Gasteiger partial charge in [-0.05, 0) is 60.4 Å². The average molecular weight is 359 g/mol. The van der Waals surface area contributed by atoms with Gasteiger partial charge in [-0.3, -0.25) is 4.79 Å². The highest BCUT2D eigenvalue weighted by Gasteiger charge is 2.27. The molecule has 1 aromatic rings. The number of hydrogen-bond acceptors (Lipinski definition) is 2. The first-order valence-electron chi connectivity index (χ1n) is 6.40. The Morgan fingerprint density at radius 2 is 2.17 bits per heavy atom. The molecular weight excluding hydrogens is 341 g/mol. The highest BCUT2D eigenvalue weighted by atomic mass is 127. The van der Waals surface area contributed by atoms with Crippen LogP contribution in [0.4, 0.5) is 0 Å². The number of benzene rings is 1. The zero-order chi connectivity index (χ0) is 13.0. The molecule has 1 heterocycles. The first-order chi connectivity index (χ1) is 8.74. The van der Waals surface area contributed by atoms with E-state index < -0.39 is 0 Å². The zero-order valence-corrected chi connectivity index (χ0v) is 12.5. The van der Waals surface area contributed by atoms with Crippen molar-refractivity contribution in [2.75, 3.05) is 13.2 Å². The number of amides is 1. The number of likely N-dealkylation sites (tertiary alicyclic amines) is 1. The fourth-order valence-corrected chi connectivity index (χ4v) is 3.12. The lowest BCUT2D eigenvalue weighted by Crippen LogP contribution is -2.44. The van der Waals surface area contributed by atoms with Crippen LogP contribution < -0.4 is 0 Å². The van der Waals surface area contributed by atoms with E-state index in [-0.39, 0.29) is 18.6 Å². The van der Waals surface area contributed by atoms with E-state index in [1.54, 1.807) is 0 Å². The summed E-state index contributed by atoms with van der Waals surface area (Å²) in [4.78, 5) is 14.5. The minimum Gasteiger partial charge on any atom is -0.396 e. The van der Waals surface area contributed by atoms with E-state index >= 15 is 0 Å². The van der Waals surface area contributed by atoms with Crippen molar-refractivity contribution in [3.05, 3.63) is 33.4 Å². The molecule has 1 unspecified atom stereocenters. The summed E-state index contributed by atoms with van der Waals surface area (Å²) in [6, 6.07) is 7.89. The lowest BCUT2D eigenvalue weighted by molar-refractivity contribution is 0.0573. The van der Waals surface area contributed by atoms with E-state index in [2.05, 4.69) is 22.6 Å². The van der Waals surface area contributed by atoms with Crippen molar-refractivity contribution >= 4 is 28.5 Å². The predicted molar refractivity (Wildman–Crippen MR) is 79.5 cm³/mol. The van der Waals surface area contributed by atoms with Crippen molar-refractivity contribution in [3.63, 3.8) is 0 Å². The minimum atomic E-state index is 0.109. The molecule has 0 spiro atoms. The predicted octanol–water partition coefficient (Wildman–Crippen LogP) is 2.67. The smallest absolute Gasteiger partial charge is 0.255 e. The van der Waals surface area contributed by atoms with Crippen LogP contribution in [0, 0.1) is 3.57 Å². The normalized spacial score (nSPS) is 19.9. The molecular formula is C14H18INO2. The number of aliphatic hydroxyl groups is 1.